The lowest BCUT2D eigenvalue weighted by molar-refractivity contribution is 0.328. The Balaban J connectivity index is 3.75. The first kappa shape index (κ1) is 13.5. The minimum atomic E-state index is 0.589. The van der Waals surface area contributed by atoms with Crippen molar-refractivity contribution < 1.29 is 0 Å². The van der Waals surface area contributed by atoms with Gasteiger partial charge in [0.15, 0.2) is 0 Å². The number of nitrogens with one attached hydrogen (secondary N) is 1. The predicted molar refractivity (Wildman–Crippen MR) is 63.3 cm³/mol. The third kappa shape index (κ3) is 8.10. The van der Waals surface area contributed by atoms with Crippen LogP contribution in [0.15, 0.2) is 0 Å². The second-order valence-electron chi connectivity index (χ2n) is 3.88. The van der Waals surface area contributed by atoms with Gasteiger partial charge in [-0.25, -0.2) is 0 Å². The zero-order valence-electron chi connectivity index (χ0n) is 10.1. The Morgan fingerprint density at radius 2 is 2.07 bits per heavy atom. The van der Waals surface area contributed by atoms with Crippen molar-refractivity contribution in [2.24, 2.45) is 0 Å². The first-order valence-corrected chi connectivity index (χ1v) is 5.48. The van der Waals surface area contributed by atoms with E-state index in [1.54, 1.807) is 0 Å². The fourth-order valence-corrected chi connectivity index (χ4v) is 1.42. The molecule has 2 nitrogen and oxygen atoms in total. The minimum absolute atomic E-state index is 0.589. The van der Waals surface area contributed by atoms with Crippen LogP contribution in [0.25, 0.3) is 0 Å². The van der Waals surface area contributed by atoms with Crippen molar-refractivity contribution in [1.82, 2.24) is 10.2 Å². The maximum atomic E-state index is 3.55. The van der Waals surface area contributed by atoms with E-state index in [4.69, 9.17) is 0 Å². The van der Waals surface area contributed by atoms with Gasteiger partial charge in [-0.3, -0.25) is 0 Å². The highest BCUT2D eigenvalue weighted by atomic mass is 15.1. The highest BCUT2D eigenvalue weighted by Crippen LogP contribution is 1.98. The molecular weight excluding hydrogens is 172 g/mol. The van der Waals surface area contributed by atoms with Crippen molar-refractivity contribution in [1.29, 1.82) is 0 Å². The van der Waals surface area contributed by atoms with Gasteiger partial charge in [-0.2, -0.15) is 0 Å². The molecule has 0 fully saturated rings. The second-order valence-corrected chi connectivity index (χ2v) is 3.88. The number of rotatable bonds is 7. The van der Waals surface area contributed by atoms with E-state index in [9.17, 15) is 0 Å². The summed E-state index contributed by atoms with van der Waals surface area (Å²) in [5.74, 6) is 6.06. The summed E-state index contributed by atoms with van der Waals surface area (Å²) in [4.78, 5) is 2.23. The van der Waals surface area contributed by atoms with Crippen molar-refractivity contribution in [3.05, 3.63) is 0 Å². The lowest BCUT2D eigenvalue weighted by atomic mass is 10.1. The summed E-state index contributed by atoms with van der Waals surface area (Å²) >= 11 is 0. The van der Waals surface area contributed by atoms with Gasteiger partial charge in [0.1, 0.15) is 0 Å². The molecule has 1 N–H and O–H groups in total. The molecule has 0 heterocycles. The van der Waals surface area contributed by atoms with Crippen LogP contribution in [0.3, 0.4) is 0 Å². The Morgan fingerprint density at radius 1 is 1.36 bits per heavy atom. The van der Waals surface area contributed by atoms with E-state index in [0.29, 0.717) is 6.04 Å². The summed E-state index contributed by atoms with van der Waals surface area (Å²) in [5, 5.41) is 3.55. The van der Waals surface area contributed by atoms with Crippen molar-refractivity contribution >= 4 is 0 Å². The first-order valence-electron chi connectivity index (χ1n) is 5.48. The molecule has 0 spiro atoms. The van der Waals surface area contributed by atoms with Crippen LogP contribution in [0.5, 0.6) is 0 Å². The van der Waals surface area contributed by atoms with E-state index in [2.05, 4.69) is 43.1 Å². The van der Waals surface area contributed by atoms with E-state index in [1.807, 2.05) is 6.92 Å². The third-order valence-electron chi connectivity index (χ3n) is 2.06. The Morgan fingerprint density at radius 3 is 2.57 bits per heavy atom. The summed E-state index contributed by atoms with van der Waals surface area (Å²) < 4.78 is 0. The van der Waals surface area contributed by atoms with Gasteiger partial charge in [0.05, 0.1) is 0 Å². The van der Waals surface area contributed by atoms with Crippen molar-refractivity contribution in [2.75, 3.05) is 27.2 Å². The molecule has 1 unspecified atom stereocenters. The number of hydrogen-bond donors (Lipinski definition) is 1. The van der Waals surface area contributed by atoms with Crippen LogP contribution in [-0.2, 0) is 0 Å². The topological polar surface area (TPSA) is 15.3 Å². The van der Waals surface area contributed by atoms with Crippen LogP contribution >= 0.6 is 0 Å². The van der Waals surface area contributed by atoms with Crippen LogP contribution < -0.4 is 5.32 Å². The summed E-state index contributed by atoms with van der Waals surface area (Å²) in [6.45, 7) is 6.31. The molecule has 0 amide bonds. The summed E-state index contributed by atoms with van der Waals surface area (Å²) in [5.41, 5.74) is 0. The molecular formula is C12H24N2. The van der Waals surface area contributed by atoms with Crippen LogP contribution in [0.4, 0.5) is 0 Å². The molecule has 0 aliphatic carbocycles. The average molecular weight is 196 g/mol. The van der Waals surface area contributed by atoms with Gasteiger partial charge >= 0.3 is 0 Å². The van der Waals surface area contributed by atoms with Crippen LogP contribution in [0, 0.1) is 11.8 Å². The monoisotopic (exact) mass is 196 g/mol. The number of hydrogen-bond acceptors (Lipinski definition) is 2. The van der Waals surface area contributed by atoms with Crippen molar-refractivity contribution in [3.63, 3.8) is 0 Å². The molecule has 0 aromatic heterocycles. The molecule has 0 aromatic rings. The fraction of sp³-hybridized carbons (Fsp3) is 0.833. The standard InChI is InChI=1S/C12H24N2/c1-5-7-8-9-12(11-14(3)4)13-10-6-2/h12-13H,6,8-11H2,1-4H3. The summed E-state index contributed by atoms with van der Waals surface area (Å²) in [6, 6.07) is 0.589. The predicted octanol–water partition coefficient (Wildman–Crippen LogP) is 1.72. The Kier molecular flexibility index (Phi) is 8.72. The summed E-state index contributed by atoms with van der Waals surface area (Å²) in [7, 11) is 4.23. The van der Waals surface area contributed by atoms with Crippen LogP contribution in [0.2, 0.25) is 0 Å². The van der Waals surface area contributed by atoms with Gasteiger partial charge < -0.3 is 10.2 Å². The maximum Gasteiger partial charge on any atom is 0.0203 e. The van der Waals surface area contributed by atoms with E-state index < -0.39 is 0 Å². The molecule has 0 saturated carbocycles. The smallest absolute Gasteiger partial charge is 0.0203 e. The van der Waals surface area contributed by atoms with Crippen LogP contribution in [0.1, 0.15) is 33.1 Å². The lowest BCUT2D eigenvalue weighted by Crippen LogP contribution is -2.38. The molecule has 0 saturated heterocycles. The normalized spacial score (nSPS) is 12.4. The van der Waals surface area contributed by atoms with Gasteiger partial charge in [0.2, 0.25) is 0 Å². The van der Waals surface area contributed by atoms with E-state index in [-0.39, 0.29) is 0 Å². The van der Waals surface area contributed by atoms with Crippen LogP contribution in [-0.4, -0.2) is 38.1 Å². The van der Waals surface area contributed by atoms with Gasteiger partial charge in [0.25, 0.3) is 0 Å². The van der Waals surface area contributed by atoms with E-state index >= 15 is 0 Å². The molecule has 0 bridgehead atoms. The molecule has 0 radical (unpaired) electrons. The SMILES string of the molecule is CC#CCCC(CN(C)C)NCCC. The number of likely N-dealkylation sites (N-methyl/N-ethyl adjacent to an activating group) is 1. The highest BCUT2D eigenvalue weighted by molar-refractivity contribution is 4.95. The molecule has 0 aliphatic rings. The largest absolute Gasteiger partial charge is 0.313 e. The Hall–Kier alpha value is -0.520. The Bertz CT molecular complexity index is 176. The second kappa shape index (κ2) is 9.05. The third-order valence-corrected chi connectivity index (χ3v) is 2.06. The number of nitrogens with zero attached hydrogens (tertiary/aromatic N) is 1. The van der Waals surface area contributed by atoms with Crippen molar-refractivity contribution in [3.8, 4) is 11.8 Å². The molecule has 1 atom stereocenters. The molecule has 0 aliphatic heterocycles. The molecule has 2 heteroatoms. The van der Waals surface area contributed by atoms with E-state index in [0.717, 1.165) is 25.9 Å². The van der Waals surface area contributed by atoms with Gasteiger partial charge in [-0.15, -0.1) is 11.8 Å². The summed E-state index contributed by atoms with van der Waals surface area (Å²) in [6.07, 6.45) is 3.36. The van der Waals surface area contributed by atoms with Gasteiger partial charge in [-0.05, 0) is 40.4 Å². The first-order chi connectivity index (χ1) is 6.70. The fourth-order valence-electron chi connectivity index (χ4n) is 1.42. The highest BCUT2D eigenvalue weighted by Gasteiger charge is 2.07. The minimum Gasteiger partial charge on any atom is -0.313 e. The zero-order valence-corrected chi connectivity index (χ0v) is 10.1. The molecule has 82 valence electrons. The molecule has 14 heavy (non-hydrogen) atoms. The quantitative estimate of drug-likeness (QED) is 0.624. The maximum absolute atomic E-state index is 3.55. The molecule has 0 aromatic carbocycles. The van der Waals surface area contributed by atoms with Gasteiger partial charge in [-0.1, -0.05) is 6.92 Å². The zero-order chi connectivity index (χ0) is 10.8. The average Bonchev–Trinajstić information content (AvgIpc) is 2.13. The van der Waals surface area contributed by atoms with Crippen molar-refractivity contribution in [2.45, 2.75) is 39.2 Å². The molecule has 0 rings (SSSR count). The van der Waals surface area contributed by atoms with Gasteiger partial charge in [0, 0.05) is 19.0 Å². The van der Waals surface area contributed by atoms with E-state index in [1.165, 1.54) is 6.42 Å². The lowest BCUT2D eigenvalue weighted by Gasteiger charge is -2.21. The Labute approximate surface area is 89.1 Å².